The van der Waals surface area contributed by atoms with Crippen molar-refractivity contribution in [2.45, 2.75) is 0 Å². The molecule has 3 rings (SSSR count). The van der Waals surface area contributed by atoms with Gasteiger partial charge in [-0.15, -0.1) is 0 Å². The third kappa shape index (κ3) is 2.30. The number of aromatic nitrogens is 2. The fourth-order valence-corrected chi connectivity index (χ4v) is 2.94. The first-order chi connectivity index (χ1) is 9.06. The third-order valence-electron chi connectivity index (χ3n) is 2.79. The summed E-state index contributed by atoms with van der Waals surface area (Å²) in [5, 5.41) is 0.471. The van der Waals surface area contributed by atoms with Crippen LogP contribution >= 0.6 is 46.4 Å². The molecule has 0 atom stereocenters. The molecule has 0 aliphatic rings. The van der Waals surface area contributed by atoms with Crippen LogP contribution in [0.3, 0.4) is 0 Å². The van der Waals surface area contributed by atoms with Crippen LogP contribution in [0.25, 0.3) is 16.7 Å². The van der Waals surface area contributed by atoms with Crippen LogP contribution in [0.1, 0.15) is 0 Å². The van der Waals surface area contributed by atoms with Crippen molar-refractivity contribution in [1.29, 1.82) is 0 Å². The largest absolute Gasteiger partial charge is 0.330 e. The number of rotatable bonds is 1. The molecule has 0 spiro atoms. The van der Waals surface area contributed by atoms with Crippen molar-refractivity contribution in [3.8, 4) is 5.69 Å². The Hall–Kier alpha value is -0.920. The Morgan fingerprint density at radius 1 is 1.21 bits per heavy atom. The SMILES string of the molecule is Fc1ccc(Cl)cc1-n1c(=S)[nH]c2cc(I)ccc21. The second-order valence-corrected chi connectivity index (χ2v) is 6.09. The second-order valence-electron chi connectivity index (χ2n) is 4.02. The lowest BCUT2D eigenvalue weighted by Gasteiger charge is -2.06. The second kappa shape index (κ2) is 4.88. The van der Waals surface area contributed by atoms with Crippen LogP contribution in [0.4, 0.5) is 4.39 Å². The minimum absolute atomic E-state index is 0.352. The first-order valence-corrected chi connectivity index (χ1v) is 7.28. The molecular weight excluding hydrogens is 398 g/mol. The molecule has 0 amide bonds. The van der Waals surface area contributed by atoms with Crippen LogP contribution < -0.4 is 0 Å². The van der Waals surface area contributed by atoms with E-state index in [1.807, 2.05) is 18.2 Å². The molecule has 0 radical (unpaired) electrons. The number of hydrogen-bond acceptors (Lipinski definition) is 1. The van der Waals surface area contributed by atoms with E-state index < -0.39 is 0 Å². The highest BCUT2D eigenvalue weighted by molar-refractivity contribution is 14.1. The van der Waals surface area contributed by atoms with Crippen LogP contribution in [-0.2, 0) is 0 Å². The Balaban J connectivity index is 2.39. The smallest absolute Gasteiger partial charge is 0.182 e. The standard InChI is InChI=1S/C13H7ClFIN2S/c14-7-1-3-9(15)12(5-7)18-11-4-2-8(16)6-10(11)17-13(18)19/h1-6H,(H,17,19). The summed E-state index contributed by atoms with van der Waals surface area (Å²) in [7, 11) is 0. The van der Waals surface area contributed by atoms with Crippen LogP contribution in [0.2, 0.25) is 5.02 Å². The van der Waals surface area contributed by atoms with Gasteiger partial charge >= 0.3 is 0 Å². The Bertz CT molecular complexity index is 840. The van der Waals surface area contributed by atoms with Gasteiger partial charge in [0.2, 0.25) is 0 Å². The van der Waals surface area contributed by atoms with Gasteiger partial charge in [0, 0.05) is 8.59 Å². The molecular formula is C13H7ClFIN2S. The third-order valence-corrected chi connectivity index (χ3v) is 3.98. The molecule has 1 N–H and O–H groups in total. The van der Waals surface area contributed by atoms with E-state index in [2.05, 4.69) is 27.6 Å². The van der Waals surface area contributed by atoms with Crippen molar-refractivity contribution in [2.24, 2.45) is 0 Å². The average molecular weight is 405 g/mol. The predicted molar refractivity (Wildman–Crippen MR) is 86.1 cm³/mol. The maximum atomic E-state index is 14.0. The van der Waals surface area contributed by atoms with Gasteiger partial charge in [-0.1, -0.05) is 11.6 Å². The van der Waals surface area contributed by atoms with Gasteiger partial charge in [0.1, 0.15) is 5.82 Å². The monoisotopic (exact) mass is 404 g/mol. The Morgan fingerprint density at radius 3 is 2.79 bits per heavy atom. The highest BCUT2D eigenvalue weighted by atomic mass is 127. The van der Waals surface area contributed by atoms with Crippen LogP contribution in [0, 0.1) is 14.2 Å². The number of nitrogens with one attached hydrogen (secondary N) is 1. The normalized spacial score (nSPS) is 11.1. The van der Waals surface area contributed by atoms with Gasteiger partial charge in [0.05, 0.1) is 16.7 Å². The lowest BCUT2D eigenvalue weighted by atomic mass is 10.2. The molecule has 19 heavy (non-hydrogen) atoms. The van der Waals surface area contributed by atoms with Gasteiger partial charge in [-0.2, -0.15) is 0 Å². The summed E-state index contributed by atoms with van der Waals surface area (Å²) in [4.78, 5) is 3.08. The molecule has 0 aliphatic heterocycles. The van der Waals surface area contributed by atoms with Gasteiger partial charge in [-0.05, 0) is 71.2 Å². The summed E-state index contributed by atoms with van der Waals surface area (Å²) < 4.78 is 17.2. The quantitative estimate of drug-likeness (QED) is 0.443. The minimum Gasteiger partial charge on any atom is -0.330 e. The number of H-pyrrole nitrogens is 1. The number of nitrogens with zero attached hydrogens (tertiary/aromatic N) is 1. The molecule has 96 valence electrons. The van der Waals surface area contributed by atoms with E-state index in [-0.39, 0.29) is 5.82 Å². The number of imidazole rings is 1. The lowest BCUT2D eigenvalue weighted by molar-refractivity contribution is 0.619. The van der Waals surface area contributed by atoms with E-state index in [1.165, 1.54) is 12.1 Å². The summed E-state index contributed by atoms with van der Waals surface area (Å²) in [6, 6.07) is 10.2. The molecule has 1 heterocycles. The van der Waals surface area contributed by atoms with Crippen LogP contribution in [0.15, 0.2) is 36.4 Å². The zero-order chi connectivity index (χ0) is 13.6. The van der Waals surface area contributed by atoms with E-state index in [0.29, 0.717) is 15.5 Å². The van der Waals surface area contributed by atoms with Crippen molar-refractivity contribution in [3.05, 3.63) is 55.6 Å². The number of fused-ring (bicyclic) bond motifs is 1. The Kier molecular flexibility index (Phi) is 3.36. The van der Waals surface area contributed by atoms with E-state index in [0.717, 1.165) is 14.6 Å². The summed E-state index contributed by atoms with van der Waals surface area (Å²) >= 11 is 13.4. The maximum absolute atomic E-state index is 14.0. The highest BCUT2D eigenvalue weighted by Gasteiger charge is 2.11. The maximum Gasteiger partial charge on any atom is 0.182 e. The molecule has 2 aromatic carbocycles. The number of halogens is 3. The predicted octanol–water partition coefficient (Wildman–Crippen LogP) is 5.09. The summed E-state index contributed by atoms with van der Waals surface area (Å²) in [5.74, 6) is -0.361. The molecule has 0 saturated carbocycles. The zero-order valence-electron chi connectivity index (χ0n) is 9.45. The molecule has 0 fully saturated rings. The van der Waals surface area contributed by atoms with Crippen LogP contribution in [0.5, 0.6) is 0 Å². The molecule has 0 aliphatic carbocycles. The first kappa shape index (κ1) is 13.1. The molecule has 6 heteroatoms. The van der Waals surface area contributed by atoms with Crippen molar-refractivity contribution in [3.63, 3.8) is 0 Å². The first-order valence-electron chi connectivity index (χ1n) is 5.42. The number of aromatic amines is 1. The van der Waals surface area contributed by atoms with E-state index >= 15 is 0 Å². The van der Waals surface area contributed by atoms with E-state index in [9.17, 15) is 4.39 Å². The van der Waals surface area contributed by atoms with Gasteiger partial charge in [-0.25, -0.2) is 4.39 Å². The van der Waals surface area contributed by atoms with Crippen LogP contribution in [-0.4, -0.2) is 9.55 Å². The minimum atomic E-state index is -0.361. The fourth-order valence-electron chi connectivity index (χ4n) is 1.98. The lowest BCUT2D eigenvalue weighted by Crippen LogP contribution is -1.97. The summed E-state index contributed by atoms with van der Waals surface area (Å²) in [5.41, 5.74) is 2.05. The average Bonchev–Trinajstić information content (AvgIpc) is 2.67. The molecule has 2 nitrogen and oxygen atoms in total. The molecule has 0 saturated heterocycles. The summed E-state index contributed by atoms with van der Waals surface area (Å²) in [6.07, 6.45) is 0. The van der Waals surface area contributed by atoms with Gasteiger partial charge in [-0.3, -0.25) is 4.57 Å². The molecule has 0 unspecified atom stereocenters. The fraction of sp³-hybridized carbons (Fsp3) is 0. The Labute approximate surface area is 132 Å². The van der Waals surface area contributed by atoms with Crippen molar-refractivity contribution < 1.29 is 4.39 Å². The van der Waals surface area contributed by atoms with Gasteiger partial charge in [0.15, 0.2) is 4.77 Å². The number of hydrogen-bond donors (Lipinski definition) is 1. The molecule has 0 bridgehead atoms. The number of benzene rings is 2. The van der Waals surface area contributed by atoms with E-state index in [1.54, 1.807) is 10.6 Å². The van der Waals surface area contributed by atoms with E-state index in [4.69, 9.17) is 23.8 Å². The highest BCUT2D eigenvalue weighted by Crippen LogP contribution is 2.25. The molecule has 3 aromatic rings. The van der Waals surface area contributed by atoms with Gasteiger partial charge in [0.25, 0.3) is 0 Å². The summed E-state index contributed by atoms with van der Waals surface area (Å²) in [6.45, 7) is 0. The van der Waals surface area contributed by atoms with Crippen molar-refractivity contribution >= 4 is 57.4 Å². The molecule has 1 aromatic heterocycles. The van der Waals surface area contributed by atoms with Gasteiger partial charge < -0.3 is 4.98 Å². The topological polar surface area (TPSA) is 20.7 Å². The van der Waals surface area contributed by atoms with Crippen molar-refractivity contribution in [2.75, 3.05) is 0 Å². The zero-order valence-corrected chi connectivity index (χ0v) is 13.2. The van der Waals surface area contributed by atoms with Crippen molar-refractivity contribution in [1.82, 2.24) is 9.55 Å². The Morgan fingerprint density at radius 2 is 2.00 bits per heavy atom.